The highest BCUT2D eigenvalue weighted by Gasteiger charge is 2.19. The smallest absolute Gasteiger partial charge is 0.282 e. The molecule has 6 rings (SSSR count). The molecule has 0 saturated heterocycles. The van der Waals surface area contributed by atoms with Gasteiger partial charge in [-0.15, -0.1) is 0 Å². The molecule has 0 amide bonds. The third-order valence-electron chi connectivity index (χ3n) is 8.05. The number of aromatic nitrogens is 2. The molecule has 0 bridgehead atoms. The summed E-state index contributed by atoms with van der Waals surface area (Å²) < 4.78 is 13.4. The second-order valence-electron chi connectivity index (χ2n) is 11.5. The Morgan fingerprint density at radius 1 is 0.915 bits per heavy atom. The normalized spacial score (nSPS) is 11.5. The van der Waals surface area contributed by atoms with Gasteiger partial charge in [0.05, 0.1) is 28.6 Å². The van der Waals surface area contributed by atoms with E-state index in [0.717, 1.165) is 38.8 Å². The Balaban J connectivity index is 1.48. The summed E-state index contributed by atoms with van der Waals surface area (Å²) in [5.74, 6) is 1.66. The van der Waals surface area contributed by atoms with E-state index in [4.69, 9.17) is 14.5 Å². The van der Waals surface area contributed by atoms with Crippen LogP contribution >= 0.6 is 0 Å². The predicted molar refractivity (Wildman–Crippen MR) is 186 cm³/mol. The Kier molecular flexibility index (Phi) is 8.79. The standard InChI is InChI=1S/C38H34N4O5/c1-5-46-36-19-25(4)33(21-32(36)24(2)3)37-40-34-16-9-8-15-31(34)38(43)41(37)39-22-28-20-29(42(44)45)17-18-35(28)47-23-27-13-10-12-26-11-6-7-14-30(26)27/h6-22,24H,5,23H2,1-4H3. The molecule has 6 aromatic rings. The van der Waals surface area contributed by atoms with Crippen molar-refractivity contribution < 1.29 is 14.4 Å². The van der Waals surface area contributed by atoms with E-state index >= 15 is 0 Å². The zero-order valence-corrected chi connectivity index (χ0v) is 26.6. The lowest BCUT2D eigenvalue weighted by Gasteiger charge is -2.18. The van der Waals surface area contributed by atoms with Gasteiger partial charge in [0.1, 0.15) is 18.1 Å². The highest BCUT2D eigenvalue weighted by atomic mass is 16.6. The SMILES string of the molecule is CCOc1cc(C)c(-c2nc3ccccc3c(=O)n2N=Cc2cc([N+](=O)[O-])ccc2OCc2cccc3ccccc23)cc1C(C)C. The zero-order chi connectivity index (χ0) is 33.1. The Morgan fingerprint density at radius 3 is 2.43 bits per heavy atom. The summed E-state index contributed by atoms with van der Waals surface area (Å²) in [6, 6.07) is 29.4. The third kappa shape index (κ3) is 6.33. The highest BCUT2D eigenvalue weighted by Crippen LogP contribution is 2.34. The number of nitro groups is 1. The molecule has 0 aliphatic rings. The van der Waals surface area contributed by atoms with Crippen LogP contribution in [0.25, 0.3) is 33.1 Å². The first-order valence-electron chi connectivity index (χ1n) is 15.5. The van der Waals surface area contributed by atoms with Gasteiger partial charge in [-0.1, -0.05) is 68.4 Å². The minimum Gasteiger partial charge on any atom is -0.494 e. The fourth-order valence-electron chi connectivity index (χ4n) is 5.65. The number of benzene rings is 5. The van der Waals surface area contributed by atoms with Crippen molar-refractivity contribution in [3.8, 4) is 22.9 Å². The van der Waals surface area contributed by atoms with E-state index < -0.39 is 4.92 Å². The van der Waals surface area contributed by atoms with Crippen molar-refractivity contribution in [3.05, 3.63) is 140 Å². The summed E-state index contributed by atoms with van der Waals surface area (Å²) in [7, 11) is 0. The van der Waals surface area contributed by atoms with Gasteiger partial charge >= 0.3 is 0 Å². The topological polar surface area (TPSA) is 109 Å². The van der Waals surface area contributed by atoms with E-state index in [0.29, 0.717) is 34.6 Å². The van der Waals surface area contributed by atoms with Gasteiger partial charge in [0, 0.05) is 23.3 Å². The Labute approximate surface area is 271 Å². The lowest BCUT2D eigenvalue weighted by atomic mass is 9.96. The first kappa shape index (κ1) is 31.2. The van der Waals surface area contributed by atoms with Crippen LogP contribution in [0.1, 0.15) is 48.9 Å². The molecule has 0 aliphatic heterocycles. The Hall–Kier alpha value is -5.83. The largest absolute Gasteiger partial charge is 0.494 e. The van der Waals surface area contributed by atoms with Gasteiger partial charge in [0.15, 0.2) is 5.82 Å². The van der Waals surface area contributed by atoms with Gasteiger partial charge < -0.3 is 9.47 Å². The number of hydrogen-bond acceptors (Lipinski definition) is 7. The van der Waals surface area contributed by atoms with Crippen LogP contribution < -0.4 is 15.0 Å². The quantitative estimate of drug-likeness (QED) is 0.0858. The van der Waals surface area contributed by atoms with Crippen LogP contribution in [0.3, 0.4) is 0 Å². The van der Waals surface area contributed by atoms with Crippen LogP contribution in [0.15, 0.2) is 107 Å². The van der Waals surface area contributed by atoms with Crippen LogP contribution in [0, 0.1) is 17.0 Å². The molecule has 0 unspecified atom stereocenters. The molecule has 0 aliphatic carbocycles. The number of non-ortho nitro benzene ring substituents is 1. The number of aryl methyl sites for hydroxylation is 1. The van der Waals surface area contributed by atoms with Crippen LogP contribution in [-0.4, -0.2) is 27.4 Å². The second-order valence-corrected chi connectivity index (χ2v) is 11.5. The summed E-state index contributed by atoms with van der Waals surface area (Å²) in [4.78, 5) is 30.2. The van der Waals surface area contributed by atoms with Gasteiger partial charge in [-0.2, -0.15) is 9.78 Å². The van der Waals surface area contributed by atoms with Crippen LogP contribution in [0.4, 0.5) is 5.69 Å². The molecular weight excluding hydrogens is 592 g/mol. The van der Waals surface area contributed by atoms with E-state index in [1.54, 1.807) is 24.3 Å². The maximum Gasteiger partial charge on any atom is 0.282 e. The molecule has 0 fully saturated rings. The van der Waals surface area contributed by atoms with E-state index in [1.165, 1.54) is 23.0 Å². The zero-order valence-electron chi connectivity index (χ0n) is 26.6. The molecule has 9 heteroatoms. The third-order valence-corrected chi connectivity index (χ3v) is 8.05. The highest BCUT2D eigenvalue weighted by molar-refractivity contribution is 5.87. The molecule has 1 heterocycles. The van der Waals surface area contributed by atoms with Crippen molar-refractivity contribution >= 4 is 33.6 Å². The van der Waals surface area contributed by atoms with Crippen molar-refractivity contribution in [1.82, 2.24) is 9.66 Å². The summed E-state index contributed by atoms with van der Waals surface area (Å²) in [6.45, 7) is 8.80. The number of rotatable bonds is 10. The van der Waals surface area contributed by atoms with E-state index in [9.17, 15) is 14.9 Å². The van der Waals surface area contributed by atoms with Gasteiger partial charge in [-0.05, 0) is 77.6 Å². The maximum absolute atomic E-state index is 14.0. The summed E-state index contributed by atoms with van der Waals surface area (Å²) in [5.41, 5.74) is 3.91. The molecule has 0 spiro atoms. The number of nitro benzene ring substituents is 1. The van der Waals surface area contributed by atoms with E-state index in [-0.39, 0.29) is 23.8 Å². The summed E-state index contributed by atoms with van der Waals surface area (Å²) in [5, 5.41) is 18.9. The van der Waals surface area contributed by atoms with Crippen molar-refractivity contribution in [2.75, 3.05) is 6.61 Å². The number of ether oxygens (including phenoxy) is 2. The van der Waals surface area contributed by atoms with Gasteiger partial charge in [0.2, 0.25) is 0 Å². The minimum atomic E-state index is -0.474. The van der Waals surface area contributed by atoms with Crippen LogP contribution in [-0.2, 0) is 6.61 Å². The average Bonchev–Trinajstić information content (AvgIpc) is 3.07. The average molecular weight is 627 g/mol. The maximum atomic E-state index is 14.0. The van der Waals surface area contributed by atoms with Crippen LogP contribution in [0.2, 0.25) is 0 Å². The number of fused-ring (bicyclic) bond motifs is 2. The van der Waals surface area contributed by atoms with Crippen molar-refractivity contribution in [3.63, 3.8) is 0 Å². The first-order valence-corrected chi connectivity index (χ1v) is 15.5. The lowest BCUT2D eigenvalue weighted by Crippen LogP contribution is -2.21. The van der Waals surface area contributed by atoms with Crippen molar-refractivity contribution in [2.45, 2.75) is 40.2 Å². The molecule has 9 nitrogen and oxygen atoms in total. The Morgan fingerprint density at radius 2 is 1.66 bits per heavy atom. The number of hydrogen-bond donors (Lipinski definition) is 0. The fourth-order valence-corrected chi connectivity index (χ4v) is 5.65. The fraction of sp³-hybridized carbons (Fsp3) is 0.184. The molecule has 236 valence electrons. The molecule has 47 heavy (non-hydrogen) atoms. The predicted octanol–water partition coefficient (Wildman–Crippen LogP) is 8.42. The summed E-state index contributed by atoms with van der Waals surface area (Å²) in [6.07, 6.45) is 1.42. The number of para-hydroxylation sites is 1. The molecule has 0 radical (unpaired) electrons. The van der Waals surface area contributed by atoms with Gasteiger partial charge in [-0.3, -0.25) is 14.9 Å². The molecule has 0 N–H and O–H groups in total. The lowest BCUT2D eigenvalue weighted by molar-refractivity contribution is -0.384. The molecule has 1 aromatic heterocycles. The second kappa shape index (κ2) is 13.3. The minimum absolute atomic E-state index is 0.128. The van der Waals surface area contributed by atoms with Crippen molar-refractivity contribution in [2.24, 2.45) is 5.10 Å². The molecule has 0 atom stereocenters. The van der Waals surface area contributed by atoms with Gasteiger partial charge in [-0.25, -0.2) is 4.98 Å². The molecule has 0 saturated carbocycles. The van der Waals surface area contributed by atoms with E-state index in [2.05, 4.69) is 18.9 Å². The summed E-state index contributed by atoms with van der Waals surface area (Å²) >= 11 is 0. The molecule has 5 aromatic carbocycles. The van der Waals surface area contributed by atoms with Gasteiger partial charge in [0.25, 0.3) is 11.2 Å². The number of nitrogens with zero attached hydrogens (tertiary/aromatic N) is 4. The Bertz CT molecular complexity index is 2220. The molecular formula is C38H34N4O5. The van der Waals surface area contributed by atoms with Crippen LogP contribution in [0.5, 0.6) is 11.5 Å². The monoisotopic (exact) mass is 626 g/mol. The first-order chi connectivity index (χ1) is 22.7. The van der Waals surface area contributed by atoms with E-state index in [1.807, 2.05) is 74.5 Å². The van der Waals surface area contributed by atoms with Crippen molar-refractivity contribution in [1.29, 1.82) is 0 Å².